The predicted molar refractivity (Wildman–Crippen MR) is 101 cm³/mol. The summed E-state index contributed by atoms with van der Waals surface area (Å²) in [5.74, 6) is 0.332. The monoisotopic (exact) mass is 369 g/mol. The third-order valence-electron chi connectivity index (χ3n) is 3.50. The topological polar surface area (TPSA) is 75.6 Å². The summed E-state index contributed by atoms with van der Waals surface area (Å²) < 4.78 is 17.7. The second-order valence-corrected chi connectivity index (χ2v) is 9.27. The summed E-state index contributed by atoms with van der Waals surface area (Å²) in [6, 6.07) is 6.88. The lowest BCUT2D eigenvalue weighted by Crippen LogP contribution is -2.47. The number of ether oxygens (including phenoxy) is 1. The zero-order valence-electron chi connectivity index (χ0n) is 16.0. The molecule has 0 aliphatic heterocycles. The van der Waals surface area contributed by atoms with Crippen LogP contribution in [-0.2, 0) is 15.5 Å². The molecule has 0 fully saturated rings. The molecule has 3 atom stereocenters. The maximum atomic E-state index is 12.5. The summed E-state index contributed by atoms with van der Waals surface area (Å²) >= 11 is 0. The minimum absolute atomic E-state index is 0.0657. The first kappa shape index (κ1) is 21.6. The summed E-state index contributed by atoms with van der Waals surface area (Å²) in [6.07, 6.45) is -0.915. The van der Waals surface area contributed by atoms with Gasteiger partial charge in [0.15, 0.2) is 0 Å². The van der Waals surface area contributed by atoms with Crippen molar-refractivity contribution in [2.75, 3.05) is 5.75 Å². The Bertz CT molecular complexity index is 578. The van der Waals surface area contributed by atoms with Gasteiger partial charge in [0, 0.05) is 4.90 Å². The molecule has 0 saturated heterocycles. The third-order valence-corrected chi connectivity index (χ3v) is 4.94. The van der Waals surface area contributed by atoms with Gasteiger partial charge in [-0.1, -0.05) is 31.5 Å². The second-order valence-electron chi connectivity index (χ2n) is 7.77. The number of aliphatic hydroxyl groups excluding tert-OH is 1. The molecular weight excluding hydrogens is 338 g/mol. The molecule has 1 aromatic rings. The van der Waals surface area contributed by atoms with Gasteiger partial charge in [-0.3, -0.25) is 4.21 Å². The molecule has 2 N–H and O–H groups in total. The highest BCUT2D eigenvalue weighted by Gasteiger charge is 2.27. The van der Waals surface area contributed by atoms with Crippen molar-refractivity contribution in [3.63, 3.8) is 0 Å². The number of benzene rings is 1. The zero-order chi connectivity index (χ0) is 19.2. The Hall–Kier alpha value is -1.40. The van der Waals surface area contributed by atoms with E-state index in [1.54, 1.807) is 32.9 Å². The van der Waals surface area contributed by atoms with Crippen molar-refractivity contribution in [1.29, 1.82) is 0 Å². The first-order valence-corrected chi connectivity index (χ1v) is 9.92. The minimum atomic E-state index is -1.33. The lowest BCUT2D eigenvalue weighted by Gasteiger charge is -2.27. The minimum Gasteiger partial charge on any atom is -0.444 e. The maximum Gasteiger partial charge on any atom is 0.407 e. The molecule has 5 nitrogen and oxygen atoms in total. The van der Waals surface area contributed by atoms with Crippen LogP contribution in [0.5, 0.6) is 0 Å². The molecule has 0 unspecified atom stereocenters. The zero-order valence-corrected chi connectivity index (χ0v) is 16.9. The third kappa shape index (κ3) is 8.50. The number of rotatable bonds is 7. The fourth-order valence-corrected chi connectivity index (χ4v) is 3.51. The molecular formula is C19H31NO4S. The van der Waals surface area contributed by atoms with Crippen molar-refractivity contribution in [3.05, 3.63) is 29.8 Å². The number of carbonyl (C=O) groups excluding carboxylic acids is 1. The Kier molecular flexibility index (Phi) is 8.09. The molecule has 0 aliphatic carbocycles. The number of carbonyl (C=O) groups is 1. The Labute approximate surface area is 153 Å². The summed E-state index contributed by atoms with van der Waals surface area (Å²) in [5.41, 5.74) is 0.480. The molecule has 0 spiro atoms. The molecule has 142 valence electrons. The summed E-state index contributed by atoms with van der Waals surface area (Å²) in [5, 5.41) is 13.3. The summed E-state index contributed by atoms with van der Waals surface area (Å²) in [4.78, 5) is 12.7. The van der Waals surface area contributed by atoms with E-state index in [1.807, 2.05) is 32.9 Å². The second kappa shape index (κ2) is 9.34. The van der Waals surface area contributed by atoms with Crippen molar-refractivity contribution in [3.8, 4) is 0 Å². The molecule has 0 aliphatic rings. The van der Waals surface area contributed by atoms with E-state index in [1.165, 1.54) is 0 Å². The van der Waals surface area contributed by atoms with Crippen LogP contribution in [0.3, 0.4) is 0 Å². The highest BCUT2D eigenvalue weighted by atomic mass is 32.2. The molecule has 0 radical (unpaired) electrons. The molecule has 0 bridgehead atoms. The van der Waals surface area contributed by atoms with Gasteiger partial charge in [-0.05, 0) is 52.2 Å². The van der Waals surface area contributed by atoms with Crippen molar-refractivity contribution in [2.24, 2.45) is 5.92 Å². The quantitative estimate of drug-likeness (QED) is 0.772. The molecule has 0 aromatic heterocycles. The first-order chi connectivity index (χ1) is 11.5. The number of hydrogen-bond acceptors (Lipinski definition) is 4. The summed E-state index contributed by atoms with van der Waals surface area (Å²) in [7, 11) is -1.33. The van der Waals surface area contributed by atoms with Gasteiger partial charge in [-0.15, -0.1) is 0 Å². The van der Waals surface area contributed by atoms with Crippen LogP contribution in [0.15, 0.2) is 29.2 Å². The van der Waals surface area contributed by atoms with Gasteiger partial charge in [-0.25, -0.2) is 4.79 Å². The van der Waals surface area contributed by atoms with E-state index in [0.717, 1.165) is 5.56 Å². The highest BCUT2D eigenvalue weighted by Crippen LogP contribution is 2.15. The van der Waals surface area contributed by atoms with Gasteiger partial charge >= 0.3 is 6.09 Å². The van der Waals surface area contributed by atoms with Gasteiger partial charge in [-0.2, -0.15) is 0 Å². The Balaban J connectivity index is 2.75. The Morgan fingerprint density at radius 1 is 1.24 bits per heavy atom. The fraction of sp³-hybridized carbons (Fsp3) is 0.632. The van der Waals surface area contributed by atoms with Crippen LogP contribution in [0.2, 0.25) is 0 Å². The lowest BCUT2D eigenvalue weighted by atomic mass is 10.0. The first-order valence-electron chi connectivity index (χ1n) is 8.60. The fourth-order valence-electron chi connectivity index (χ4n) is 2.34. The molecule has 0 saturated carbocycles. The van der Waals surface area contributed by atoms with Crippen molar-refractivity contribution >= 4 is 16.9 Å². The number of amides is 1. The van der Waals surface area contributed by atoms with Crippen LogP contribution >= 0.6 is 0 Å². The van der Waals surface area contributed by atoms with Crippen molar-refractivity contribution in [2.45, 2.75) is 70.6 Å². The van der Waals surface area contributed by atoms with E-state index in [2.05, 4.69) is 5.32 Å². The van der Waals surface area contributed by atoms with Crippen LogP contribution in [0.4, 0.5) is 4.79 Å². The van der Waals surface area contributed by atoms with Crippen LogP contribution < -0.4 is 5.32 Å². The molecule has 6 heteroatoms. The van der Waals surface area contributed by atoms with Crippen LogP contribution in [0.1, 0.15) is 46.6 Å². The van der Waals surface area contributed by atoms with Gasteiger partial charge < -0.3 is 15.2 Å². The van der Waals surface area contributed by atoms with E-state index >= 15 is 0 Å². The van der Waals surface area contributed by atoms with Crippen molar-refractivity contribution < 1.29 is 18.8 Å². The van der Waals surface area contributed by atoms with Gasteiger partial charge in [0.05, 0.1) is 28.7 Å². The van der Waals surface area contributed by atoms with E-state index < -0.39 is 34.6 Å². The van der Waals surface area contributed by atoms with Gasteiger partial charge in [0.25, 0.3) is 0 Å². The van der Waals surface area contributed by atoms with Crippen LogP contribution in [0, 0.1) is 12.8 Å². The molecule has 1 aromatic carbocycles. The average molecular weight is 370 g/mol. The summed E-state index contributed by atoms with van der Waals surface area (Å²) in [6.45, 7) is 11.3. The number of aliphatic hydroxyl groups is 1. The van der Waals surface area contributed by atoms with Gasteiger partial charge in [0.2, 0.25) is 0 Å². The Morgan fingerprint density at radius 3 is 2.28 bits per heavy atom. The standard InChI is InChI=1S/C19H31NO4S/c1-13(2)11-16(20-18(22)24-19(4,5)6)17(21)12-25(23)15-9-7-14(3)8-10-15/h7-10,13,16-17,21H,11-12H2,1-6H3,(H,20,22)/t16-,17-,25+/m0/s1. The van der Waals surface area contributed by atoms with Crippen LogP contribution in [-0.4, -0.2) is 38.9 Å². The number of aryl methyl sites for hydroxylation is 1. The largest absolute Gasteiger partial charge is 0.444 e. The number of alkyl carbamates (subject to hydrolysis) is 1. The predicted octanol–water partition coefficient (Wildman–Crippen LogP) is 3.40. The molecule has 0 heterocycles. The van der Waals surface area contributed by atoms with E-state index in [4.69, 9.17) is 4.74 Å². The molecule has 1 rings (SSSR count). The lowest BCUT2D eigenvalue weighted by molar-refractivity contribution is 0.0425. The number of hydrogen-bond donors (Lipinski definition) is 2. The van der Waals surface area contributed by atoms with E-state index in [0.29, 0.717) is 11.3 Å². The van der Waals surface area contributed by atoms with Crippen LogP contribution in [0.25, 0.3) is 0 Å². The molecule has 1 amide bonds. The SMILES string of the molecule is Cc1ccc([S@](=O)C[C@H](O)[C@H](CC(C)C)NC(=O)OC(C)(C)C)cc1. The highest BCUT2D eigenvalue weighted by molar-refractivity contribution is 7.85. The van der Waals surface area contributed by atoms with E-state index in [-0.39, 0.29) is 11.7 Å². The van der Waals surface area contributed by atoms with Gasteiger partial charge in [0.1, 0.15) is 5.60 Å². The molecule has 25 heavy (non-hydrogen) atoms. The smallest absolute Gasteiger partial charge is 0.407 e. The number of nitrogens with one attached hydrogen (secondary N) is 1. The normalized spacial score (nSPS) is 15.5. The van der Waals surface area contributed by atoms with Crippen molar-refractivity contribution in [1.82, 2.24) is 5.32 Å². The Morgan fingerprint density at radius 2 is 1.80 bits per heavy atom. The average Bonchev–Trinajstić information content (AvgIpc) is 2.44. The maximum absolute atomic E-state index is 12.5. The van der Waals surface area contributed by atoms with E-state index in [9.17, 15) is 14.1 Å².